The molecule has 0 aromatic carbocycles. The highest BCUT2D eigenvalue weighted by Gasteiger charge is 2.42. The van der Waals surface area contributed by atoms with E-state index >= 15 is 0 Å². The Labute approximate surface area is 97.9 Å². The second kappa shape index (κ2) is 4.93. The van der Waals surface area contributed by atoms with Gasteiger partial charge in [0.25, 0.3) is 0 Å². The molecule has 0 amide bonds. The van der Waals surface area contributed by atoms with Crippen LogP contribution in [0.3, 0.4) is 0 Å². The number of nitrogens with zero attached hydrogens (tertiary/aromatic N) is 2. The van der Waals surface area contributed by atoms with Gasteiger partial charge in [0.1, 0.15) is 0 Å². The molecule has 1 heterocycles. The molecule has 1 aromatic heterocycles. The van der Waals surface area contributed by atoms with E-state index in [2.05, 4.69) is 34.4 Å². The normalized spacial score (nSPS) is 17.7. The zero-order valence-electron chi connectivity index (χ0n) is 10.2. The number of hydrogen-bond acceptors (Lipinski definition) is 3. The highest BCUT2D eigenvalue weighted by atomic mass is 15.1. The third-order valence-corrected chi connectivity index (χ3v) is 3.32. The minimum atomic E-state index is 0.552. The molecule has 0 bridgehead atoms. The van der Waals surface area contributed by atoms with Gasteiger partial charge in [-0.1, -0.05) is 0 Å². The van der Waals surface area contributed by atoms with E-state index in [1.54, 1.807) is 0 Å². The van der Waals surface area contributed by atoms with E-state index in [4.69, 9.17) is 0 Å². The van der Waals surface area contributed by atoms with Crippen LogP contribution in [0.25, 0.3) is 0 Å². The molecule has 2 rings (SSSR count). The van der Waals surface area contributed by atoms with Gasteiger partial charge in [-0.15, -0.1) is 0 Å². The van der Waals surface area contributed by atoms with Crippen LogP contribution in [0.2, 0.25) is 0 Å². The van der Waals surface area contributed by atoms with Crippen molar-refractivity contribution in [2.75, 3.05) is 27.2 Å². The number of pyridine rings is 1. The van der Waals surface area contributed by atoms with Gasteiger partial charge in [0, 0.05) is 32.0 Å². The lowest BCUT2D eigenvalue weighted by molar-refractivity contribution is 0.252. The maximum Gasteiger partial charge on any atom is 0.0271 e. The largest absolute Gasteiger partial charge is 0.319 e. The molecule has 88 valence electrons. The molecule has 1 saturated carbocycles. The van der Waals surface area contributed by atoms with Crippen LogP contribution in [0.1, 0.15) is 18.4 Å². The summed E-state index contributed by atoms with van der Waals surface area (Å²) < 4.78 is 0. The summed E-state index contributed by atoms with van der Waals surface area (Å²) in [4.78, 5) is 6.46. The van der Waals surface area contributed by atoms with Gasteiger partial charge in [0.05, 0.1) is 0 Å². The third kappa shape index (κ3) is 3.03. The van der Waals surface area contributed by atoms with Crippen molar-refractivity contribution in [3.63, 3.8) is 0 Å². The summed E-state index contributed by atoms with van der Waals surface area (Å²) in [5.74, 6) is 0. The van der Waals surface area contributed by atoms with E-state index in [0.717, 1.165) is 13.1 Å². The molecule has 0 atom stereocenters. The lowest BCUT2D eigenvalue weighted by Crippen LogP contribution is -2.32. The summed E-state index contributed by atoms with van der Waals surface area (Å²) in [5.41, 5.74) is 1.90. The van der Waals surface area contributed by atoms with Crippen molar-refractivity contribution in [1.29, 1.82) is 0 Å². The Balaban J connectivity index is 1.83. The standard InChI is InChI=1S/C13H21N3/c1-14-10-13(5-6-13)11-16(2)9-12-3-7-15-8-4-12/h3-4,7-8,14H,5-6,9-11H2,1-2H3. The predicted octanol–water partition coefficient (Wildman–Crippen LogP) is 1.51. The van der Waals surface area contributed by atoms with Crippen molar-refractivity contribution in [2.45, 2.75) is 19.4 Å². The van der Waals surface area contributed by atoms with Crippen LogP contribution < -0.4 is 5.32 Å². The summed E-state index contributed by atoms with van der Waals surface area (Å²) in [6, 6.07) is 4.18. The van der Waals surface area contributed by atoms with Crippen LogP contribution in [-0.4, -0.2) is 37.1 Å². The lowest BCUT2D eigenvalue weighted by atomic mass is 10.1. The molecular weight excluding hydrogens is 198 g/mol. The van der Waals surface area contributed by atoms with Gasteiger partial charge >= 0.3 is 0 Å². The number of aromatic nitrogens is 1. The smallest absolute Gasteiger partial charge is 0.0271 e. The minimum absolute atomic E-state index is 0.552. The van der Waals surface area contributed by atoms with Crippen molar-refractivity contribution >= 4 is 0 Å². The molecule has 0 saturated heterocycles. The van der Waals surface area contributed by atoms with Crippen LogP contribution in [-0.2, 0) is 6.54 Å². The van der Waals surface area contributed by atoms with Crippen LogP contribution in [0, 0.1) is 5.41 Å². The topological polar surface area (TPSA) is 28.2 Å². The van der Waals surface area contributed by atoms with E-state index in [1.165, 1.54) is 24.9 Å². The van der Waals surface area contributed by atoms with Gasteiger partial charge in [0.15, 0.2) is 0 Å². The second-order valence-corrected chi connectivity index (χ2v) is 5.06. The fraction of sp³-hybridized carbons (Fsp3) is 0.615. The first-order valence-corrected chi connectivity index (χ1v) is 5.96. The summed E-state index contributed by atoms with van der Waals surface area (Å²) in [6.07, 6.45) is 6.47. The highest BCUT2D eigenvalue weighted by Crippen LogP contribution is 2.45. The van der Waals surface area contributed by atoms with Crippen LogP contribution in [0.15, 0.2) is 24.5 Å². The molecule has 0 aliphatic heterocycles. The molecular formula is C13H21N3. The summed E-state index contributed by atoms with van der Waals surface area (Å²) in [6.45, 7) is 3.36. The quantitative estimate of drug-likeness (QED) is 0.786. The van der Waals surface area contributed by atoms with Gasteiger partial charge in [-0.2, -0.15) is 0 Å². The Bertz CT molecular complexity index is 319. The number of hydrogen-bond donors (Lipinski definition) is 1. The fourth-order valence-electron chi connectivity index (χ4n) is 2.37. The maximum absolute atomic E-state index is 4.04. The van der Waals surface area contributed by atoms with E-state index in [9.17, 15) is 0 Å². The Morgan fingerprint density at radius 2 is 2.06 bits per heavy atom. The van der Waals surface area contributed by atoms with Crippen molar-refractivity contribution in [3.8, 4) is 0 Å². The minimum Gasteiger partial charge on any atom is -0.319 e. The summed E-state index contributed by atoms with van der Waals surface area (Å²) in [7, 11) is 4.25. The summed E-state index contributed by atoms with van der Waals surface area (Å²) >= 11 is 0. The van der Waals surface area contributed by atoms with Crippen molar-refractivity contribution in [1.82, 2.24) is 15.2 Å². The van der Waals surface area contributed by atoms with E-state index in [-0.39, 0.29) is 0 Å². The molecule has 1 aromatic rings. The second-order valence-electron chi connectivity index (χ2n) is 5.06. The Morgan fingerprint density at radius 1 is 1.38 bits per heavy atom. The van der Waals surface area contributed by atoms with E-state index in [1.807, 2.05) is 19.4 Å². The highest BCUT2D eigenvalue weighted by molar-refractivity contribution is 5.09. The van der Waals surface area contributed by atoms with Crippen LogP contribution in [0.5, 0.6) is 0 Å². The molecule has 1 fully saturated rings. The van der Waals surface area contributed by atoms with Gasteiger partial charge in [-0.05, 0) is 50.0 Å². The number of nitrogens with one attached hydrogen (secondary N) is 1. The molecule has 0 radical (unpaired) electrons. The van der Waals surface area contributed by atoms with Gasteiger partial charge < -0.3 is 10.2 Å². The van der Waals surface area contributed by atoms with Crippen molar-refractivity contribution in [3.05, 3.63) is 30.1 Å². The zero-order chi connectivity index (χ0) is 11.4. The molecule has 1 aliphatic rings. The average molecular weight is 219 g/mol. The Kier molecular flexibility index (Phi) is 3.56. The molecule has 1 aliphatic carbocycles. The first kappa shape index (κ1) is 11.6. The zero-order valence-corrected chi connectivity index (χ0v) is 10.2. The number of rotatable bonds is 6. The molecule has 3 nitrogen and oxygen atoms in total. The average Bonchev–Trinajstić information content (AvgIpc) is 2.99. The van der Waals surface area contributed by atoms with E-state index < -0.39 is 0 Å². The van der Waals surface area contributed by atoms with E-state index in [0.29, 0.717) is 5.41 Å². The third-order valence-electron chi connectivity index (χ3n) is 3.32. The van der Waals surface area contributed by atoms with Gasteiger partial charge in [0.2, 0.25) is 0 Å². The van der Waals surface area contributed by atoms with Crippen molar-refractivity contribution < 1.29 is 0 Å². The molecule has 3 heteroatoms. The molecule has 0 spiro atoms. The Hall–Kier alpha value is -0.930. The predicted molar refractivity (Wildman–Crippen MR) is 66.2 cm³/mol. The van der Waals surface area contributed by atoms with Crippen LogP contribution >= 0.6 is 0 Å². The Morgan fingerprint density at radius 3 is 2.62 bits per heavy atom. The fourth-order valence-corrected chi connectivity index (χ4v) is 2.37. The van der Waals surface area contributed by atoms with Gasteiger partial charge in [-0.25, -0.2) is 0 Å². The first-order valence-electron chi connectivity index (χ1n) is 5.96. The summed E-state index contributed by atoms with van der Waals surface area (Å²) in [5, 5.41) is 3.30. The molecule has 1 N–H and O–H groups in total. The molecule has 0 unspecified atom stereocenters. The van der Waals surface area contributed by atoms with Crippen molar-refractivity contribution in [2.24, 2.45) is 5.41 Å². The maximum atomic E-state index is 4.04. The van der Waals surface area contributed by atoms with Gasteiger partial charge in [-0.3, -0.25) is 4.98 Å². The van der Waals surface area contributed by atoms with Crippen LogP contribution in [0.4, 0.5) is 0 Å². The SMILES string of the molecule is CNCC1(CN(C)Cc2ccncc2)CC1. The lowest BCUT2D eigenvalue weighted by Gasteiger charge is -2.23. The first-order chi connectivity index (χ1) is 7.74. The molecule has 16 heavy (non-hydrogen) atoms. The monoisotopic (exact) mass is 219 g/mol.